The number of aliphatic hydroxyl groups excluding tert-OH is 5. The van der Waals surface area contributed by atoms with Gasteiger partial charge in [-0.25, -0.2) is 0 Å². The van der Waals surface area contributed by atoms with E-state index in [9.17, 15) is 35.1 Å². The molecule has 81 heavy (non-hydrogen) atoms. The van der Waals surface area contributed by atoms with Crippen molar-refractivity contribution in [3.05, 3.63) is 97.2 Å². The number of hydrogen-bond donors (Lipinski definition) is 6. The highest BCUT2D eigenvalue weighted by atomic mass is 16.7. The fourth-order valence-corrected chi connectivity index (χ4v) is 9.89. The van der Waals surface area contributed by atoms with Gasteiger partial charge in [0.15, 0.2) is 12.4 Å². The normalized spacial score (nSPS) is 19.3. The second-order valence-corrected chi connectivity index (χ2v) is 22.6. The van der Waals surface area contributed by atoms with E-state index in [1.807, 2.05) is 60.8 Å². The Morgan fingerprint density at radius 3 is 1.43 bits per heavy atom. The van der Waals surface area contributed by atoms with E-state index in [0.29, 0.717) is 12.8 Å². The quantitative estimate of drug-likeness (QED) is 0.0149. The van der Waals surface area contributed by atoms with Crippen LogP contribution in [0.2, 0.25) is 0 Å². The molecule has 466 valence electrons. The van der Waals surface area contributed by atoms with Crippen molar-refractivity contribution >= 4 is 11.9 Å². The van der Waals surface area contributed by atoms with Crippen molar-refractivity contribution in [1.82, 2.24) is 5.32 Å². The molecule has 11 heteroatoms. The first-order valence-corrected chi connectivity index (χ1v) is 33.1. The summed E-state index contributed by atoms with van der Waals surface area (Å²) in [5, 5.41) is 56.9. The zero-order chi connectivity index (χ0) is 58.9. The van der Waals surface area contributed by atoms with Crippen LogP contribution in [0.5, 0.6) is 0 Å². The van der Waals surface area contributed by atoms with Crippen LogP contribution in [0.1, 0.15) is 271 Å². The summed E-state index contributed by atoms with van der Waals surface area (Å²) in [5.41, 5.74) is 0. The Morgan fingerprint density at radius 1 is 0.506 bits per heavy atom. The van der Waals surface area contributed by atoms with Gasteiger partial charge in [0.2, 0.25) is 5.91 Å². The molecule has 1 fully saturated rings. The molecule has 1 aliphatic rings. The molecule has 0 spiro atoms. The number of allylic oxidation sites excluding steroid dienone is 15. The number of unbranched alkanes of at least 4 members (excludes halogenated alkanes) is 31. The smallest absolute Gasteiger partial charge is 0.306 e. The van der Waals surface area contributed by atoms with Crippen LogP contribution in [0.25, 0.3) is 0 Å². The lowest BCUT2D eigenvalue weighted by Gasteiger charge is -2.41. The first-order valence-electron chi connectivity index (χ1n) is 33.1. The highest BCUT2D eigenvalue weighted by Gasteiger charge is 2.47. The third-order valence-electron chi connectivity index (χ3n) is 15.1. The predicted octanol–water partition coefficient (Wildman–Crippen LogP) is 16.3. The molecule has 8 atom stereocenters. The summed E-state index contributed by atoms with van der Waals surface area (Å²) in [4.78, 5) is 26.5. The first-order chi connectivity index (χ1) is 39.7. The number of carbonyl (C=O) groups is 2. The van der Waals surface area contributed by atoms with Gasteiger partial charge in [0.25, 0.3) is 0 Å². The van der Waals surface area contributed by atoms with Crippen molar-refractivity contribution in [3.8, 4) is 0 Å². The minimum Gasteiger partial charge on any atom is -0.454 e. The Bertz CT molecular complexity index is 1690. The van der Waals surface area contributed by atoms with Crippen LogP contribution in [0.3, 0.4) is 0 Å². The molecule has 1 heterocycles. The van der Waals surface area contributed by atoms with Crippen LogP contribution in [0.4, 0.5) is 0 Å². The largest absolute Gasteiger partial charge is 0.454 e. The summed E-state index contributed by atoms with van der Waals surface area (Å²) in [5.74, 6) is -1.27. The van der Waals surface area contributed by atoms with Gasteiger partial charge in [-0.1, -0.05) is 291 Å². The van der Waals surface area contributed by atoms with Gasteiger partial charge < -0.3 is 45.1 Å². The highest BCUT2D eigenvalue weighted by Crippen LogP contribution is 2.26. The van der Waals surface area contributed by atoms with Gasteiger partial charge in [-0.15, -0.1) is 0 Å². The summed E-state index contributed by atoms with van der Waals surface area (Å²) < 4.78 is 17.6. The molecular weight excluding hydrogens is 1010 g/mol. The lowest BCUT2D eigenvalue weighted by molar-refractivity contribution is -0.305. The molecule has 11 nitrogen and oxygen atoms in total. The summed E-state index contributed by atoms with van der Waals surface area (Å²) >= 11 is 0. The van der Waals surface area contributed by atoms with Gasteiger partial charge in [-0.2, -0.15) is 0 Å². The topological polar surface area (TPSA) is 175 Å². The third kappa shape index (κ3) is 44.7. The van der Waals surface area contributed by atoms with Crippen molar-refractivity contribution < 1.29 is 49.3 Å². The minimum absolute atomic E-state index is 0.112. The molecule has 0 radical (unpaired) electrons. The molecule has 8 unspecified atom stereocenters. The summed E-state index contributed by atoms with van der Waals surface area (Å²) in [6.45, 7) is 5.58. The molecule has 0 aromatic heterocycles. The fraction of sp³-hybridized carbons (Fsp3) is 0.743. The van der Waals surface area contributed by atoms with Gasteiger partial charge in [-0.05, 0) is 70.6 Å². The number of ether oxygens (including phenoxy) is 3. The Labute approximate surface area is 495 Å². The SMILES string of the molecule is CC/C=C/C=C/C=C\C=C/C=C/CCC(O)C(=O)NC(COC1OC(CO)C(O)C(O)C1OC(=O)CCCCCCCCCCCCCCCCCCC/C=C\C/C=C\CCCCC)C(O)/C=C/CCCCCCCCCCCCC. The predicted molar refractivity (Wildman–Crippen MR) is 338 cm³/mol. The average Bonchev–Trinajstić information content (AvgIpc) is 3.50. The number of aliphatic hydroxyl groups is 5. The molecule has 1 saturated heterocycles. The van der Waals surface area contributed by atoms with Crippen LogP contribution in [0.15, 0.2) is 97.2 Å². The number of hydrogen-bond acceptors (Lipinski definition) is 10. The van der Waals surface area contributed by atoms with E-state index in [1.165, 1.54) is 167 Å². The zero-order valence-corrected chi connectivity index (χ0v) is 51.6. The molecule has 0 aromatic rings. The van der Waals surface area contributed by atoms with E-state index >= 15 is 0 Å². The maximum absolute atomic E-state index is 13.4. The lowest BCUT2D eigenvalue weighted by atomic mass is 9.99. The first kappa shape index (κ1) is 75.6. The van der Waals surface area contributed by atoms with E-state index in [2.05, 4.69) is 56.5 Å². The molecule has 1 amide bonds. The zero-order valence-electron chi connectivity index (χ0n) is 51.6. The molecule has 1 rings (SSSR count). The molecule has 0 aliphatic carbocycles. The maximum Gasteiger partial charge on any atom is 0.306 e. The second-order valence-electron chi connectivity index (χ2n) is 22.6. The monoisotopic (exact) mass is 1140 g/mol. The number of rotatable bonds is 55. The summed E-state index contributed by atoms with van der Waals surface area (Å²) in [7, 11) is 0. The number of amides is 1. The average molecular weight is 1140 g/mol. The molecule has 0 saturated carbocycles. The van der Waals surface area contributed by atoms with Crippen LogP contribution >= 0.6 is 0 Å². The minimum atomic E-state index is -1.63. The molecule has 0 aromatic carbocycles. The van der Waals surface area contributed by atoms with E-state index in [4.69, 9.17) is 14.2 Å². The van der Waals surface area contributed by atoms with E-state index < -0.39 is 67.4 Å². The van der Waals surface area contributed by atoms with Crippen LogP contribution in [-0.4, -0.2) is 99.6 Å². The van der Waals surface area contributed by atoms with E-state index in [0.717, 1.165) is 57.8 Å². The Balaban J connectivity index is 2.57. The fourth-order valence-electron chi connectivity index (χ4n) is 9.89. The Kier molecular flexibility index (Phi) is 53.2. The lowest BCUT2D eigenvalue weighted by Crippen LogP contribution is -2.61. The molecule has 0 bridgehead atoms. The maximum atomic E-state index is 13.4. The standard InChI is InChI=1S/C70H121NO10/c1-4-7-10-13-16-19-22-25-26-27-28-29-30-31-32-33-34-35-36-37-38-40-43-46-49-52-55-58-65(75)81-68-67(77)66(76)64(59-72)80-70(68)79-60-61(62(73)56-53-50-47-44-42-39-23-20-17-14-11-8-5-2)71-69(78)63(74)57-54-51-48-45-41-24-21-18-15-12-9-6-3/h9,12,15-16,18-19,21,24-26,41,45,48,51,53,56,61-64,66-68,70,72-74,76-77H,4-8,10-11,13-14,17,20,22-23,27-40,42-44,46-47,49-50,52,54-55,57-60H2,1-3H3,(H,71,78)/b12-9+,18-15+,19-16-,24-21-,26-25-,45-41-,51-48+,56-53+. The van der Waals surface area contributed by atoms with Gasteiger partial charge in [0, 0.05) is 6.42 Å². The summed E-state index contributed by atoms with van der Waals surface area (Å²) in [6, 6.07) is -1.06. The van der Waals surface area contributed by atoms with Crippen molar-refractivity contribution in [2.75, 3.05) is 13.2 Å². The Morgan fingerprint density at radius 2 is 0.938 bits per heavy atom. The third-order valence-corrected chi connectivity index (χ3v) is 15.1. The van der Waals surface area contributed by atoms with Crippen molar-refractivity contribution in [3.63, 3.8) is 0 Å². The molecule has 1 aliphatic heterocycles. The van der Waals surface area contributed by atoms with E-state index in [-0.39, 0.29) is 19.4 Å². The van der Waals surface area contributed by atoms with Gasteiger partial charge in [0.05, 0.1) is 25.4 Å². The highest BCUT2D eigenvalue weighted by molar-refractivity contribution is 5.80. The van der Waals surface area contributed by atoms with Crippen LogP contribution < -0.4 is 5.32 Å². The molecular formula is C70H121NO10. The Hall–Kier alpha value is -3.42. The van der Waals surface area contributed by atoms with Gasteiger partial charge in [-0.3, -0.25) is 9.59 Å². The van der Waals surface area contributed by atoms with Crippen molar-refractivity contribution in [1.29, 1.82) is 0 Å². The van der Waals surface area contributed by atoms with Crippen LogP contribution in [0, 0.1) is 0 Å². The number of carbonyl (C=O) groups excluding carboxylic acids is 2. The van der Waals surface area contributed by atoms with Crippen molar-refractivity contribution in [2.45, 2.75) is 320 Å². The van der Waals surface area contributed by atoms with Gasteiger partial charge in [0.1, 0.15) is 24.4 Å². The van der Waals surface area contributed by atoms with Gasteiger partial charge >= 0.3 is 5.97 Å². The van der Waals surface area contributed by atoms with E-state index in [1.54, 1.807) is 6.08 Å². The summed E-state index contributed by atoms with van der Waals surface area (Å²) in [6.07, 6.45) is 66.2. The number of nitrogens with one attached hydrogen (secondary N) is 1. The second kappa shape index (κ2) is 57.0. The molecule has 6 N–H and O–H groups in total. The van der Waals surface area contributed by atoms with Crippen LogP contribution in [-0.2, 0) is 23.8 Å². The van der Waals surface area contributed by atoms with Crippen molar-refractivity contribution in [2.24, 2.45) is 0 Å². The number of esters is 1.